The van der Waals surface area contributed by atoms with Gasteiger partial charge in [0.25, 0.3) is 5.91 Å². The van der Waals surface area contributed by atoms with Gasteiger partial charge in [-0.1, -0.05) is 18.2 Å². The predicted molar refractivity (Wildman–Crippen MR) is 88.2 cm³/mol. The van der Waals surface area contributed by atoms with Crippen molar-refractivity contribution in [1.29, 1.82) is 0 Å². The number of aromatic carboxylic acids is 1. The summed E-state index contributed by atoms with van der Waals surface area (Å²) >= 11 is 0. The van der Waals surface area contributed by atoms with Crippen LogP contribution in [0.5, 0.6) is 0 Å². The van der Waals surface area contributed by atoms with E-state index in [9.17, 15) is 36.6 Å². The first-order chi connectivity index (χ1) is 13.1. The van der Waals surface area contributed by atoms with Crippen molar-refractivity contribution in [2.75, 3.05) is 5.01 Å². The van der Waals surface area contributed by atoms with E-state index < -0.39 is 46.6 Å². The van der Waals surface area contributed by atoms with E-state index in [-0.39, 0.29) is 27.4 Å². The lowest BCUT2D eigenvalue weighted by molar-refractivity contribution is -0.114. The first-order valence-electron chi connectivity index (χ1n) is 7.60. The summed E-state index contributed by atoms with van der Waals surface area (Å²) < 4.78 is 68.1. The van der Waals surface area contributed by atoms with Gasteiger partial charge in [-0.25, -0.2) is 26.7 Å². The molecule has 0 bridgehead atoms. The number of benzene rings is 2. The molecule has 0 saturated heterocycles. The Morgan fingerprint density at radius 1 is 1.00 bits per heavy atom. The molecule has 28 heavy (non-hydrogen) atoms. The van der Waals surface area contributed by atoms with Crippen LogP contribution in [0.4, 0.5) is 27.6 Å². The van der Waals surface area contributed by atoms with Crippen LogP contribution in [-0.2, 0) is 4.79 Å². The number of carbonyl (C=O) groups is 2. The molecular weight excluding hydrogens is 387 g/mol. The van der Waals surface area contributed by atoms with E-state index in [1.807, 2.05) is 0 Å². The topological polar surface area (TPSA) is 70.0 Å². The molecule has 1 aliphatic heterocycles. The van der Waals surface area contributed by atoms with E-state index in [1.54, 1.807) is 0 Å². The Bertz CT molecular complexity index is 1070. The zero-order valence-electron chi connectivity index (χ0n) is 13.9. The van der Waals surface area contributed by atoms with Gasteiger partial charge in [-0.2, -0.15) is 10.1 Å². The van der Waals surface area contributed by atoms with Crippen LogP contribution in [0, 0.1) is 29.1 Å². The van der Waals surface area contributed by atoms with E-state index in [0.717, 1.165) is 6.08 Å². The number of halogens is 5. The SMILES string of the molecule is CC1=NN(c2c(F)c(F)c(F)c(F)c2F)C(=O)/C1=C\c1ccccc1C(=O)O. The third kappa shape index (κ3) is 2.92. The van der Waals surface area contributed by atoms with Crippen molar-refractivity contribution in [3.05, 3.63) is 70.1 Å². The predicted octanol–water partition coefficient (Wildman–Crippen LogP) is 3.89. The normalized spacial score (nSPS) is 15.4. The molecule has 0 spiro atoms. The van der Waals surface area contributed by atoms with Gasteiger partial charge in [0, 0.05) is 0 Å². The Hall–Kier alpha value is -3.56. The van der Waals surface area contributed by atoms with Crippen LogP contribution >= 0.6 is 0 Å². The quantitative estimate of drug-likeness (QED) is 0.371. The van der Waals surface area contributed by atoms with Gasteiger partial charge in [0.1, 0.15) is 5.69 Å². The van der Waals surface area contributed by atoms with Crippen LogP contribution in [0.3, 0.4) is 0 Å². The van der Waals surface area contributed by atoms with E-state index in [4.69, 9.17) is 0 Å². The summed E-state index contributed by atoms with van der Waals surface area (Å²) in [6, 6.07) is 5.58. The van der Waals surface area contributed by atoms with Crippen LogP contribution in [0.2, 0.25) is 0 Å². The molecule has 0 unspecified atom stereocenters. The minimum Gasteiger partial charge on any atom is -0.478 e. The number of anilines is 1. The minimum atomic E-state index is -2.36. The summed E-state index contributed by atoms with van der Waals surface area (Å²) in [6.45, 7) is 1.26. The standard InChI is InChI=1S/C18H9F5N2O3/c1-7-10(6-8-4-2-3-5-9(8)18(27)28)17(26)25(24-7)16-14(22)12(20)11(19)13(21)15(16)23/h2-6H,1H3,(H,27,28)/b10-6-. The highest BCUT2D eigenvalue weighted by Gasteiger charge is 2.37. The number of hydrogen-bond donors (Lipinski definition) is 1. The van der Waals surface area contributed by atoms with Gasteiger partial charge >= 0.3 is 5.97 Å². The van der Waals surface area contributed by atoms with Crippen LogP contribution in [0.25, 0.3) is 6.08 Å². The molecule has 5 nitrogen and oxygen atoms in total. The molecule has 10 heteroatoms. The average molecular weight is 396 g/mol. The average Bonchev–Trinajstić information content (AvgIpc) is 2.93. The van der Waals surface area contributed by atoms with Crippen molar-refractivity contribution < 1.29 is 36.6 Å². The molecule has 0 saturated carbocycles. The van der Waals surface area contributed by atoms with Gasteiger partial charge in [-0.05, 0) is 24.6 Å². The molecule has 144 valence electrons. The van der Waals surface area contributed by atoms with Crippen LogP contribution in [0.1, 0.15) is 22.8 Å². The maximum absolute atomic E-state index is 14.0. The Morgan fingerprint density at radius 3 is 2.11 bits per heavy atom. The Kier molecular flexibility index (Phi) is 4.72. The minimum absolute atomic E-state index is 0.0564. The fourth-order valence-corrected chi connectivity index (χ4v) is 2.59. The molecule has 0 radical (unpaired) electrons. The summed E-state index contributed by atoms with van der Waals surface area (Å²) in [6.07, 6.45) is 1.11. The third-order valence-electron chi connectivity index (χ3n) is 3.95. The van der Waals surface area contributed by atoms with Crippen molar-refractivity contribution in [2.24, 2.45) is 5.10 Å². The largest absolute Gasteiger partial charge is 0.478 e. The van der Waals surface area contributed by atoms with E-state index in [2.05, 4.69) is 5.10 Å². The van der Waals surface area contributed by atoms with Gasteiger partial charge < -0.3 is 5.11 Å². The molecule has 3 rings (SSSR count). The second-order valence-corrected chi connectivity index (χ2v) is 5.67. The van der Waals surface area contributed by atoms with E-state index in [1.165, 1.54) is 31.2 Å². The zero-order valence-corrected chi connectivity index (χ0v) is 13.9. The van der Waals surface area contributed by atoms with Gasteiger partial charge in [0.05, 0.1) is 16.8 Å². The number of hydrogen-bond acceptors (Lipinski definition) is 3. The molecule has 0 aliphatic carbocycles. The first kappa shape index (κ1) is 19.2. The molecule has 1 aliphatic rings. The second kappa shape index (κ2) is 6.87. The van der Waals surface area contributed by atoms with Crippen LogP contribution < -0.4 is 5.01 Å². The summed E-state index contributed by atoms with van der Waals surface area (Å²) in [4.78, 5) is 23.8. The zero-order chi connectivity index (χ0) is 20.7. The van der Waals surface area contributed by atoms with Crippen molar-refractivity contribution in [3.63, 3.8) is 0 Å². The highest BCUT2D eigenvalue weighted by molar-refractivity contribution is 6.32. The van der Waals surface area contributed by atoms with Crippen molar-refractivity contribution in [3.8, 4) is 0 Å². The Balaban J connectivity index is 2.13. The third-order valence-corrected chi connectivity index (χ3v) is 3.95. The molecule has 0 atom stereocenters. The van der Waals surface area contributed by atoms with Gasteiger partial charge in [0.2, 0.25) is 5.82 Å². The number of hydrazone groups is 1. The second-order valence-electron chi connectivity index (χ2n) is 5.67. The molecule has 0 aromatic heterocycles. The summed E-state index contributed by atoms with van der Waals surface area (Å²) in [5.41, 5.74) is -1.96. The van der Waals surface area contributed by atoms with Crippen molar-refractivity contribution in [2.45, 2.75) is 6.92 Å². The molecule has 2 aromatic rings. The molecule has 1 heterocycles. The summed E-state index contributed by atoms with van der Waals surface area (Å²) in [5, 5.41) is 12.8. The lowest BCUT2D eigenvalue weighted by atomic mass is 10.0. The molecule has 0 fully saturated rings. The lowest BCUT2D eigenvalue weighted by Crippen LogP contribution is -2.25. The number of amides is 1. The van der Waals surface area contributed by atoms with Crippen molar-refractivity contribution >= 4 is 29.4 Å². The highest BCUT2D eigenvalue weighted by Crippen LogP contribution is 2.34. The Labute approximate surface area is 154 Å². The van der Waals surface area contributed by atoms with Gasteiger partial charge in [-0.15, -0.1) is 0 Å². The number of carboxylic acids is 1. The molecule has 2 aromatic carbocycles. The number of rotatable bonds is 3. The Morgan fingerprint density at radius 2 is 1.54 bits per heavy atom. The molecular formula is C18H9F5N2O3. The lowest BCUT2D eigenvalue weighted by Gasteiger charge is -2.15. The van der Waals surface area contributed by atoms with Gasteiger partial charge in [0.15, 0.2) is 23.3 Å². The molecule has 1 amide bonds. The van der Waals surface area contributed by atoms with Crippen LogP contribution in [-0.4, -0.2) is 22.7 Å². The fourth-order valence-electron chi connectivity index (χ4n) is 2.59. The van der Waals surface area contributed by atoms with Gasteiger partial charge in [-0.3, -0.25) is 4.79 Å². The highest BCUT2D eigenvalue weighted by atomic mass is 19.2. The summed E-state index contributed by atoms with van der Waals surface area (Å²) in [7, 11) is 0. The maximum Gasteiger partial charge on any atom is 0.336 e. The molecule has 1 N–H and O–H groups in total. The van der Waals surface area contributed by atoms with E-state index in [0.29, 0.717) is 0 Å². The smallest absolute Gasteiger partial charge is 0.336 e. The number of carbonyl (C=O) groups excluding carboxylic acids is 1. The summed E-state index contributed by atoms with van der Waals surface area (Å²) in [5.74, 6) is -13.7. The van der Waals surface area contributed by atoms with Crippen molar-refractivity contribution in [1.82, 2.24) is 0 Å². The first-order valence-corrected chi connectivity index (χ1v) is 7.60. The monoisotopic (exact) mass is 396 g/mol. The van der Waals surface area contributed by atoms with Crippen LogP contribution in [0.15, 0.2) is 34.9 Å². The fraction of sp³-hybridized carbons (Fsp3) is 0.0556. The number of nitrogens with zero attached hydrogens (tertiary/aromatic N) is 2. The number of carboxylic acid groups (broad SMARTS) is 1. The van der Waals surface area contributed by atoms with E-state index >= 15 is 0 Å². The maximum atomic E-state index is 14.0.